The van der Waals surface area contributed by atoms with Crippen LogP contribution >= 0.6 is 0 Å². The summed E-state index contributed by atoms with van der Waals surface area (Å²) in [6.07, 6.45) is 2.71. The van der Waals surface area contributed by atoms with Crippen LogP contribution < -0.4 is 5.32 Å². The van der Waals surface area contributed by atoms with Gasteiger partial charge >= 0.3 is 0 Å². The van der Waals surface area contributed by atoms with Crippen LogP contribution in [0.25, 0.3) is 0 Å². The molecule has 2 amide bonds. The van der Waals surface area contributed by atoms with E-state index in [1.165, 1.54) is 0 Å². The number of likely N-dealkylation sites (tertiary alicyclic amines) is 2. The highest BCUT2D eigenvalue weighted by Crippen LogP contribution is 2.48. The van der Waals surface area contributed by atoms with Gasteiger partial charge in [0.05, 0.1) is 22.8 Å². The molecule has 0 aliphatic carbocycles. The lowest BCUT2D eigenvalue weighted by Gasteiger charge is -2.44. The molecule has 0 spiro atoms. The van der Waals surface area contributed by atoms with Gasteiger partial charge < -0.3 is 15.1 Å². The van der Waals surface area contributed by atoms with Crippen molar-refractivity contribution in [2.24, 2.45) is 13.0 Å². The summed E-state index contributed by atoms with van der Waals surface area (Å²) in [6, 6.07) is 10.1. The minimum atomic E-state index is -0.453. The van der Waals surface area contributed by atoms with Gasteiger partial charge in [-0.2, -0.15) is 5.10 Å². The van der Waals surface area contributed by atoms with Crippen molar-refractivity contribution in [1.29, 1.82) is 0 Å². The van der Waals surface area contributed by atoms with Gasteiger partial charge in [0.25, 0.3) is 5.91 Å². The predicted molar refractivity (Wildman–Crippen MR) is 110 cm³/mol. The molecular formula is C22H29N5O2. The van der Waals surface area contributed by atoms with Gasteiger partial charge in [-0.15, -0.1) is 0 Å². The van der Waals surface area contributed by atoms with E-state index in [4.69, 9.17) is 0 Å². The molecule has 2 fully saturated rings. The van der Waals surface area contributed by atoms with Gasteiger partial charge in [-0.1, -0.05) is 30.3 Å². The fourth-order valence-electron chi connectivity index (χ4n) is 5.31. The van der Waals surface area contributed by atoms with E-state index < -0.39 is 5.54 Å². The first-order valence-corrected chi connectivity index (χ1v) is 10.1. The normalized spacial score (nSPS) is 27.0. The van der Waals surface area contributed by atoms with E-state index in [1.807, 2.05) is 37.1 Å². The molecule has 0 bridgehead atoms. The maximum atomic E-state index is 13.7. The van der Waals surface area contributed by atoms with Crippen LogP contribution in [0, 0.1) is 12.8 Å². The Bertz CT molecular complexity index is 925. The van der Waals surface area contributed by atoms with E-state index in [0.29, 0.717) is 12.1 Å². The zero-order valence-corrected chi connectivity index (χ0v) is 17.6. The average Bonchev–Trinajstić information content (AvgIpc) is 3.17. The quantitative estimate of drug-likeness (QED) is 0.860. The highest BCUT2D eigenvalue weighted by Gasteiger charge is 2.56. The summed E-state index contributed by atoms with van der Waals surface area (Å²) in [5.74, 6) is 0.0844. The highest BCUT2D eigenvalue weighted by molar-refractivity contribution is 5.95. The Morgan fingerprint density at radius 3 is 2.52 bits per heavy atom. The number of carbonyl (C=O) groups is 2. The number of fused-ring (bicyclic) bond motifs is 1. The van der Waals surface area contributed by atoms with Crippen LogP contribution in [0.3, 0.4) is 0 Å². The highest BCUT2D eigenvalue weighted by atomic mass is 16.2. The topological polar surface area (TPSA) is 70.5 Å². The molecule has 1 aromatic carbocycles. The van der Waals surface area contributed by atoms with E-state index in [1.54, 1.807) is 17.8 Å². The first kappa shape index (κ1) is 19.6. The Labute approximate surface area is 171 Å². The van der Waals surface area contributed by atoms with Crippen molar-refractivity contribution in [3.05, 3.63) is 53.3 Å². The van der Waals surface area contributed by atoms with Gasteiger partial charge in [0.15, 0.2) is 0 Å². The molecular weight excluding hydrogens is 366 g/mol. The number of nitrogens with zero attached hydrogens (tertiary/aromatic N) is 4. The Morgan fingerprint density at radius 1 is 1.17 bits per heavy atom. The van der Waals surface area contributed by atoms with Crippen molar-refractivity contribution in [2.75, 3.05) is 26.7 Å². The largest absolute Gasteiger partial charge is 0.347 e. The fourth-order valence-corrected chi connectivity index (χ4v) is 5.31. The number of hydrogen-bond acceptors (Lipinski definition) is 4. The lowest BCUT2D eigenvalue weighted by Crippen LogP contribution is -2.63. The molecule has 2 aliphatic rings. The first-order chi connectivity index (χ1) is 13.8. The number of carbonyl (C=O) groups excluding carboxylic acids is 2. The molecule has 0 saturated carbocycles. The number of benzene rings is 1. The van der Waals surface area contributed by atoms with Crippen LogP contribution in [-0.2, 0) is 11.8 Å². The van der Waals surface area contributed by atoms with Gasteiger partial charge in [-0.3, -0.25) is 14.3 Å². The van der Waals surface area contributed by atoms with Crippen molar-refractivity contribution >= 4 is 11.8 Å². The van der Waals surface area contributed by atoms with Crippen molar-refractivity contribution in [3.8, 4) is 0 Å². The number of nitrogens with one attached hydrogen (secondary N) is 1. The lowest BCUT2D eigenvalue weighted by atomic mass is 9.76. The molecule has 0 radical (unpaired) electrons. The van der Waals surface area contributed by atoms with Crippen LogP contribution in [0.5, 0.6) is 0 Å². The minimum Gasteiger partial charge on any atom is -0.347 e. The summed E-state index contributed by atoms with van der Waals surface area (Å²) >= 11 is 0. The van der Waals surface area contributed by atoms with Crippen molar-refractivity contribution < 1.29 is 9.59 Å². The molecule has 1 aromatic heterocycles. The van der Waals surface area contributed by atoms with E-state index >= 15 is 0 Å². The Morgan fingerprint density at radius 2 is 1.90 bits per heavy atom. The standard InChI is InChI=1S/C22H29N5O2/c1-15-18(12-26(4)24-15)21(29)27-14-22(23-16(2)28)13-25(3)11-10-19(22)20(27)17-8-6-5-7-9-17/h5-9,12,19-20H,10-11,13-14H2,1-4H3,(H,23,28)/t19-,20-,22-/m1/s1. The average molecular weight is 396 g/mol. The van der Waals surface area contributed by atoms with Crippen LogP contribution in [-0.4, -0.2) is 63.6 Å². The second-order valence-electron chi connectivity index (χ2n) is 8.56. The second-order valence-corrected chi connectivity index (χ2v) is 8.56. The van der Waals surface area contributed by atoms with Gasteiger partial charge in [-0.25, -0.2) is 0 Å². The summed E-state index contributed by atoms with van der Waals surface area (Å²) in [5.41, 5.74) is 2.01. The Balaban J connectivity index is 1.80. The number of hydrogen-bond donors (Lipinski definition) is 1. The predicted octanol–water partition coefficient (Wildman–Crippen LogP) is 1.75. The van der Waals surface area contributed by atoms with E-state index in [9.17, 15) is 9.59 Å². The molecule has 2 saturated heterocycles. The summed E-state index contributed by atoms with van der Waals surface area (Å²) in [5, 5.41) is 7.61. The summed E-state index contributed by atoms with van der Waals surface area (Å²) in [6.45, 7) is 5.60. The number of rotatable bonds is 3. The first-order valence-electron chi connectivity index (χ1n) is 10.1. The number of aryl methyl sites for hydroxylation is 2. The summed E-state index contributed by atoms with van der Waals surface area (Å²) in [7, 11) is 3.91. The number of aromatic nitrogens is 2. The molecule has 154 valence electrons. The number of piperidine rings is 1. The second kappa shape index (κ2) is 7.30. The fraction of sp³-hybridized carbons (Fsp3) is 0.500. The zero-order chi connectivity index (χ0) is 20.8. The molecule has 0 unspecified atom stereocenters. The van der Waals surface area contributed by atoms with Crippen LogP contribution in [0.15, 0.2) is 36.5 Å². The van der Waals surface area contributed by atoms with Crippen LogP contribution in [0.1, 0.15) is 41.0 Å². The van der Waals surface area contributed by atoms with Crippen molar-refractivity contribution in [1.82, 2.24) is 24.9 Å². The molecule has 7 heteroatoms. The minimum absolute atomic E-state index is 0.0220. The van der Waals surface area contributed by atoms with E-state index in [2.05, 4.69) is 34.5 Å². The van der Waals surface area contributed by atoms with Crippen molar-refractivity contribution in [2.45, 2.75) is 31.8 Å². The Kier molecular flexibility index (Phi) is 4.94. The van der Waals surface area contributed by atoms with Crippen LogP contribution in [0.2, 0.25) is 0 Å². The van der Waals surface area contributed by atoms with Gasteiger partial charge in [0, 0.05) is 39.2 Å². The molecule has 7 nitrogen and oxygen atoms in total. The third-order valence-electron chi connectivity index (χ3n) is 6.32. The SMILES string of the molecule is CC(=O)N[C@@]12CN(C)CC[C@@H]1[C@@H](c1ccccc1)N(C(=O)c1cn(C)nc1C)C2. The maximum absolute atomic E-state index is 13.7. The van der Waals surface area contributed by atoms with Crippen molar-refractivity contribution in [3.63, 3.8) is 0 Å². The third-order valence-corrected chi connectivity index (χ3v) is 6.32. The molecule has 29 heavy (non-hydrogen) atoms. The van der Waals surface area contributed by atoms with E-state index in [0.717, 1.165) is 30.8 Å². The van der Waals surface area contributed by atoms with E-state index in [-0.39, 0.29) is 23.8 Å². The zero-order valence-electron chi connectivity index (χ0n) is 17.6. The monoisotopic (exact) mass is 395 g/mol. The number of amides is 2. The molecule has 3 heterocycles. The number of likely N-dealkylation sites (N-methyl/N-ethyl adjacent to an activating group) is 1. The summed E-state index contributed by atoms with van der Waals surface area (Å²) in [4.78, 5) is 30.0. The third kappa shape index (κ3) is 3.44. The lowest BCUT2D eigenvalue weighted by molar-refractivity contribution is -0.122. The van der Waals surface area contributed by atoms with Gasteiger partial charge in [-0.05, 0) is 32.5 Å². The molecule has 2 aliphatic heterocycles. The van der Waals surface area contributed by atoms with Crippen LogP contribution in [0.4, 0.5) is 0 Å². The van der Waals surface area contributed by atoms with Gasteiger partial charge in [0.1, 0.15) is 0 Å². The molecule has 4 rings (SSSR count). The smallest absolute Gasteiger partial charge is 0.257 e. The molecule has 3 atom stereocenters. The molecule has 2 aromatic rings. The summed E-state index contributed by atoms with van der Waals surface area (Å²) < 4.78 is 1.68. The Hall–Kier alpha value is -2.67. The molecule has 1 N–H and O–H groups in total. The maximum Gasteiger partial charge on any atom is 0.257 e. The van der Waals surface area contributed by atoms with Gasteiger partial charge in [0.2, 0.25) is 5.91 Å².